The Bertz CT molecular complexity index is 330. The number of rotatable bonds is 6. The second-order valence-electron chi connectivity index (χ2n) is 3.47. The Kier molecular flexibility index (Phi) is 5.90. The summed E-state index contributed by atoms with van der Waals surface area (Å²) < 4.78 is 13.7. The molecule has 0 aliphatic carbocycles. The van der Waals surface area contributed by atoms with Crippen molar-refractivity contribution < 1.29 is 14.6 Å². The molecule has 0 spiro atoms. The lowest BCUT2D eigenvalue weighted by molar-refractivity contribution is 0.156. The van der Waals surface area contributed by atoms with E-state index in [0.717, 1.165) is 5.56 Å². The van der Waals surface area contributed by atoms with Gasteiger partial charge in [-0.3, -0.25) is 4.90 Å². The van der Waals surface area contributed by atoms with Crippen LogP contribution < -0.4 is 0 Å². The molecule has 0 unspecified atom stereocenters. The van der Waals surface area contributed by atoms with E-state index >= 15 is 0 Å². The first-order chi connectivity index (χ1) is 7.67. The smallest absolute Gasteiger partial charge is 0.137 e. The predicted octanol–water partition coefficient (Wildman–Crippen LogP) is 1.37. The van der Waals surface area contributed by atoms with Crippen LogP contribution in [-0.2, 0) is 6.54 Å². The van der Waals surface area contributed by atoms with Crippen LogP contribution in [-0.4, -0.2) is 41.4 Å². The first-order valence-electron chi connectivity index (χ1n) is 5.05. The molecular formula is C11H15BrFNO2. The standard InChI is InChI=1S/C11H15BrFNO2/c12-10-2-1-9(7-11(10)13)8-14(3-5-15)4-6-16/h1-2,7,15-16H,3-6,8H2. The molecule has 0 saturated carbocycles. The minimum atomic E-state index is -0.301. The lowest BCUT2D eigenvalue weighted by Gasteiger charge is -2.20. The Balaban J connectivity index is 2.65. The Morgan fingerprint density at radius 2 is 1.81 bits per heavy atom. The minimum absolute atomic E-state index is 0.0268. The topological polar surface area (TPSA) is 43.7 Å². The Labute approximate surface area is 103 Å². The lowest BCUT2D eigenvalue weighted by Crippen LogP contribution is -2.29. The lowest BCUT2D eigenvalue weighted by atomic mass is 10.2. The monoisotopic (exact) mass is 291 g/mol. The van der Waals surface area contributed by atoms with Crippen LogP contribution in [0.3, 0.4) is 0 Å². The van der Waals surface area contributed by atoms with E-state index < -0.39 is 0 Å². The number of benzene rings is 1. The number of aliphatic hydroxyl groups excluding tert-OH is 2. The third-order valence-corrected chi connectivity index (χ3v) is 2.87. The average molecular weight is 292 g/mol. The van der Waals surface area contributed by atoms with Gasteiger partial charge in [-0.2, -0.15) is 0 Å². The molecule has 3 nitrogen and oxygen atoms in total. The van der Waals surface area contributed by atoms with Crippen molar-refractivity contribution in [3.05, 3.63) is 34.1 Å². The first kappa shape index (κ1) is 13.6. The molecule has 0 bridgehead atoms. The highest BCUT2D eigenvalue weighted by atomic mass is 79.9. The maximum Gasteiger partial charge on any atom is 0.137 e. The van der Waals surface area contributed by atoms with Gasteiger partial charge in [0.15, 0.2) is 0 Å². The summed E-state index contributed by atoms with van der Waals surface area (Å²) in [6.07, 6.45) is 0. The molecule has 0 radical (unpaired) electrons. The van der Waals surface area contributed by atoms with Gasteiger partial charge in [0, 0.05) is 19.6 Å². The molecule has 1 aromatic rings. The molecule has 1 rings (SSSR count). The minimum Gasteiger partial charge on any atom is -0.395 e. The highest BCUT2D eigenvalue weighted by Crippen LogP contribution is 2.17. The van der Waals surface area contributed by atoms with Gasteiger partial charge in [0.2, 0.25) is 0 Å². The van der Waals surface area contributed by atoms with Gasteiger partial charge in [0.05, 0.1) is 17.7 Å². The van der Waals surface area contributed by atoms with E-state index in [1.807, 2.05) is 11.0 Å². The summed E-state index contributed by atoms with van der Waals surface area (Å²) in [4.78, 5) is 1.86. The van der Waals surface area contributed by atoms with Crippen LogP contribution in [0.4, 0.5) is 4.39 Å². The van der Waals surface area contributed by atoms with Gasteiger partial charge in [-0.25, -0.2) is 4.39 Å². The van der Waals surface area contributed by atoms with Crippen LogP contribution in [0.1, 0.15) is 5.56 Å². The molecule has 0 saturated heterocycles. The molecule has 5 heteroatoms. The zero-order valence-corrected chi connectivity index (χ0v) is 10.5. The Hall–Kier alpha value is -0.490. The summed E-state index contributed by atoms with van der Waals surface area (Å²) in [5.41, 5.74) is 0.822. The largest absolute Gasteiger partial charge is 0.395 e. The number of hydrogen-bond acceptors (Lipinski definition) is 3. The number of hydrogen-bond donors (Lipinski definition) is 2. The summed E-state index contributed by atoms with van der Waals surface area (Å²) in [7, 11) is 0. The van der Waals surface area contributed by atoms with E-state index in [4.69, 9.17) is 10.2 Å². The molecule has 0 amide bonds. The molecule has 0 fully saturated rings. The summed E-state index contributed by atoms with van der Waals surface area (Å²) in [5, 5.41) is 17.7. The average Bonchev–Trinajstić information content (AvgIpc) is 2.24. The fourth-order valence-electron chi connectivity index (χ4n) is 1.45. The second kappa shape index (κ2) is 6.96. The third-order valence-electron chi connectivity index (χ3n) is 2.22. The molecular weight excluding hydrogens is 277 g/mol. The molecule has 1 aromatic carbocycles. The number of nitrogens with zero attached hydrogens (tertiary/aromatic N) is 1. The van der Waals surface area contributed by atoms with Crippen LogP contribution in [0, 0.1) is 5.82 Å². The van der Waals surface area contributed by atoms with Crippen molar-refractivity contribution in [1.82, 2.24) is 4.90 Å². The Morgan fingerprint density at radius 1 is 1.19 bits per heavy atom. The maximum absolute atomic E-state index is 13.2. The quantitative estimate of drug-likeness (QED) is 0.832. The van der Waals surface area contributed by atoms with Crippen molar-refractivity contribution in [1.29, 1.82) is 0 Å². The van der Waals surface area contributed by atoms with Crippen molar-refractivity contribution in [3.63, 3.8) is 0 Å². The molecule has 0 heterocycles. The van der Waals surface area contributed by atoms with E-state index in [0.29, 0.717) is 24.1 Å². The summed E-state index contributed by atoms with van der Waals surface area (Å²) >= 11 is 3.09. The van der Waals surface area contributed by atoms with Gasteiger partial charge in [-0.05, 0) is 33.6 Å². The van der Waals surface area contributed by atoms with Gasteiger partial charge < -0.3 is 10.2 Å². The third kappa shape index (κ3) is 4.17. The molecule has 16 heavy (non-hydrogen) atoms. The summed E-state index contributed by atoms with van der Waals surface area (Å²) in [6.45, 7) is 1.51. The van der Waals surface area contributed by atoms with E-state index in [1.165, 1.54) is 6.07 Å². The van der Waals surface area contributed by atoms with Crippen molar-refractivity contribution in [3.8, 4) is 0 Å². The van der Waals surface area contributed by atoms with Crippen LogP contribution >= 0.6 is 15.9 Å². The maximum atomic E-state index is 13.2. The highest BCUT2D eigenvalue weighted by molar-refractivity contribution is 9.10. The van der Waals surface area contributed by atoms with E-state index in [9.17, 15) is 4.39 Å². The van der Waals surface area contributed by atoms with Gasteiger partial charge in [-0.1, -0.05) is 6.07 Å². The predicted molar refractivity (Wildman–Crippen MR) is 63.5 cm³/mol. The summed E-state index contributed by atoms with van der Waals surface area (Å²) in [6, 6.07) is 4.92. The molecule has 0 aliphatic heterocycles. The Morgan fingerprint density at radius 3 is 2.31 bits per heavy atom. The van der Waals surface area contributed by atoms with Crippen molar-refractivity contribution in [2.24, 2.45) is 0 Å². The van der Waals surface area contributed by atoms with Gasteiger partial charge >= 0.3 is 0 Å². The van der Waals surface area contributed by atoms with Crippen LogP contribution in [0.5, 0.6) is 0 Å². The van der Waals surface area contributed by atoms with E-state index in [-0.39, 0.29) is 19.0 Å². The SMILES string of the molecule is OCCN(CCO)Cc1ccc(Br)c(F)c1. The van der Waals surface area contributed by atoms with Gasteiger partial charge in [0.25, 0.3) is 0 Å². The zero-order valence-electron chi connectivity index (χ0n) is 8.87. The second-order valence-corrected chi connectivity index (χ2v) is 4.33. The molecule has 0 aliphatic rings. The first-order valence-corrected chi connectivity index (χ1v) is 5.84. The summed E-state index contributed by atoms with van der Waals surface area (Å²) in [5.74, 6) is -0.301. The zero-order chi connectivity index (χ0) is 12.0. The van der Waals surface area contributed by atoms with Crippen molar-refractivity contribution in [2.45, 2.75) is 6.54 Å². The molecule has 2 N–H and O–H groups in total. The van der Waals surface area contributed by atoms with Crippen molar-refractivity contribution >= 4 is 15.9 Å². The fraction of sp³-hybridized carbons (Fsp3) is 0.455. The highest BCUT2D eigenvalue weighted by Gasteiger charge is 2.06. The molecule has 90 valence electrons. The van der Waals surface area contributed by atoms with Crippen LogP contribution in [0.2, 0.25) is 0 Å². The molecule has 0 aromatic heterocycles. The van der Waals surface area contributed by atoms with E-state index in [2.05, 4.69) is 15.9 Å². The van der Waals surface area contributed by atoms with E-state index in [1.54, 1.807) is 6.07 Å². The number of aliphatic hydroxyl groups is 2. The fourth-order valence-corrected chi connectivity index (χ4v) is 1.70. The van der Waals surface area contributed by atoms with Gasteiger partial charge in [-0.15, -0.1) is 0 Å². The van der Waals surface area contributed by atoms with Crippen LogP contribution in [0.15, 0.2) is 22.7 Å². The van der Waals surface area contributed by atoms with Gasteiger partial charge in [0.1, 0.15) is 5.82 Å². The molecule has 0 atom stereocenters. The number of halogens is 2. The van der Waals surface area contributed by atoms with Crippen LogP contribution in [0.25, 0.3) is 0 Å². The van der Waals surface area contributed by atoms with Crippen molar-refractivity contribution in [2.75, 3.05) is 26.3 Å². The normalized spacial score (nSPS) is 11.1.